The molecule has 0 radical (unpaired) electrons. The molecule has 2 aromatic heterocycles. The monoisotopic (exact) mass is 626 g/mol. The van der Waals surface area contributed by atoms with E-state index >= 15 is 0 Å². The standard InChI is InChI=1S/C32H26N4O4S3/c1-40-24-14-12-21(13-15-24)28-19-43-32(35-28)36-29(37)20-42-25-10-5-9-23(17-25)33-31(39)27(18-26-11-6-16-41-26)34-30(38)22-7-3-2-4-8-22/h2-19H,20H2,1H3,(H,33,39)(H,34,38)(H,35,36,37)/b27-18-. The molecular formula is C32H26N4O4S3. The summed E-state index contributed by atoms with van der Waals surface area (Å²) in [6, 6.07) is 27.2. The Labute approximate surface area is 260 Å². The van der Waals surface area contributed by atoms with Crippen LogP contribution in [0.1, 0.15) is 15.2 Å². The number of carbonyl (C=O) groups excluding carboxylic acids is 3. The lowest BCUT2D eigenvalue weighted by Crippen LogP contribution is -2.30. The number of amides is 3. The summed E-state index contributed by atoms with van der Waals surface area (Å²) < 4.78 is 5.20. The van der Waals surface area contributed by atoms with Gasteiger partial charge in [-0.15, -0.1) is 34.4 Å². The maximum absolute atomic E-state index is 13.3. The summed E-state index contributed by atoms with van der Waals surface area (Å²) >= 11 is 4.14. The predicted molar refractivity (Wildman–Crippen MR) is 175 cm³/mol. The molecule has 0 fully saturated rings. The minimum absolute atomic E-state index is 0.117. The van der Waals surface area contributed by atoms with E-state index in [1.807, 2.05) is 59.3 Å². The number of benzene rings is 3. The highest BCUT2D eigenvalue weighted by molar-refractivity contribution is 8.00. The summed E-state index contributed by atoms with van der Waals surface area (Å²) in [6.07, 6.45) is 1.64. The number of anilines is 2. The van der Waals surface area contributed by atoms with Crippen LogP contribution in [0.15, 0.2) is 112 Å². The van der Waals surface area contributed by atoms with Gasteiger partial charge in [0.15, 0.2) is 5.13 Å². The fourth-order valence-electron chi connectivity index (χ4n) is 3.85. The van der Waals surface area contributed by atoms with E-state index in [1.165, 1.54) is 34.4 Å². The molecule has 0 saturated heterocycles. The molecule has 3 N–H and O–H groups in total. The van der Waals surface area contributed by atoms with Crippen molar-refractivity contribution in [2.45, 2.75) is 4.90 Å². The Hall–Kier alpha value is -4.71. The molecule has 8 nitrogen and oxygen atoms in total. The molecule has 0 saturated carbocycles. The number of thioether (sulfide) groups is 1. The second-order valence-corrected chi connectivity index (χ2v) is 11.9. The molecule has 11 heteroatoms. The van der Waals surface area contributed by atoms with Crippen LogP contribution in [-0.4, -0.2) is 35.6 Å². The van der Waals surface area contributed by atoms with Gasteiger partial charge in [0, 0.05) is 32.0 Å². The molecular weight excluding hydrogens is 601 g/mol. The van der Waals surface area contributed by atoms with E-state index < -0.39 is 5.91 Å². The number of aromatic nitrogens is 1. The van der Waals surface area contributed by atoms with E-state index in [4.69, 9.17) is 4.74 Å². The van der Waals surface area contributed by atoms with Gasteiger partial charge in [-0.05, 0) is 72.1 Å². The van der Waals surface area contributed by atoms with Gasteiger partial charge in [0.1, 0.15) is 11.4 Å². The summed E-state index contributed by atoms with van der Waals surface area (Å²) in [7, 11) is 1.62. The number of nitrogens with one attached hydrogen (secondary N) is 3. The van der Waals surface area contributed by atoms with Crippen LogP contribution in [0.25, 0.3) is 17.3 Å². The molecule has 0 unspecified atom stereocenters. The number of thiazole rings is 1. The van der Waals surface area contributed by atoms with Crippen LogP contribution in [0, 0.1) is 0 Å². The zero-order chi connectivity index (χ0) is 30.0. The largest absolute Gasteiger partial charge is 0.497 e. The Kier molecular flexibility index (Phi) is 10.0. The smallest absolute Gasteiger partial charge is 0.272 e. The Morgan fingerprint density at radius 2 is 1.72 bits per heavy atom. The van der Waals surface area contributed by atoms with Crippen LogP contribution in [0.2, 0.25) is 0 Å². The van der Waals surface area contributed by atoms with Crippen molar-refractivity contribution in [1.29, 1.82) is 0 Å². The lowest BCUT2D eigenvalue weighted by molar-refractivity contribution is -0.114. The van der Waals surface area contributed by atoms with Crippen LogP contribution in [0.3, 0.4) is 0 Å². The average Bonchev–Trinajstić information content (AvgIpc) is 3.73. The van der Waals surface area contributed by atoms with Crippen molar-refractivity contribution in [3.8, 4) is 17.0 Å². The minimum atomic E-state index is -0.464. The molecule has 0 atom stereocenters. The van der Waals surface area contributed by atoms with Crippen LogP contribution in [-0.2, 0) is 9.59 Å². The Balaban J connectivity index is 1.19. The third-order valence-electron chi connectivity index (χ3n) is 5.96. The van der Waals surface area contributed by atoms with Gasteiger partial charge in [0.05, 0.1) is 18.6 Å². The van der Waals surface area contributed by atoms with Gasteiger partial charge in [-0.1, -0.05) is 30.3 Å². The van der Waals surface area contributed by atoms with E-state index in [0.29, 0.717) is 16.4 Å². The summed E-state index contributed by atoms with van der Waals surface area (Å²) in [6.45, 7) is 0. The number of carbonyl (C=O) groups is 3. The first-order valence-corrected chi connectivity index (χ1v) is 15.8. The molecule has 43 heavy (non-hydrogen) atoms. The fourth-order valence-corrected chi connectivity index (χ4v) is 6.00. The van der Waals surface area contributed by atoms with Crippen molar-refractivity contribution in [2.24, 2.45) is 0 Å². The molecule has 3 amide bonds. The highest BCUT2D eigenvalue weighted by Gasteiger charge is 2.16. The SMILES string of the molecule is COc1ccc(-c2csc(NC(=O)CSc3cccc(NC(=O)/C(=C/c4cccs4)NC(=O)c4ccccc4)c3)n2)cc1. The highest BCUT2D eigenvalue weighted by atomic mass is 32.2. The molecule has 0 aliphatic carbocycles. The van der Waals surface area contributed by atoms with Gasteiger partial charge >= 0.3 is 0 Å². The van der Waals surface area contributed by atoms with E-state index in [1.54, 1.807) is 55.7 Å². The lowest BCUT2D eigenvalue weighted by atomic mass is 10.2. The average molecular weight is 627 g/mol. The quantitative estimate of drug-likeness (QED) is 0.107. The van der Waals surface area contributed by atoms with Crippen LogP contribution >= 0.6 is 34.4 Å². The zero-order valence-electron chi connectivity index (χ0n) is 22.9. The van der Waals surface area contributed by atoms with Gasteiger partial charge in [0.25, 0.3) is 11.8 Å². The minimum Gasteiger partial charge on any atom is -0.497 e. The maximum Gasteiger partial charge on any atom is 0.272 e. The van der Waals surface area contributed by atoms with Crippen molar-refractivity contribution in [2.75, 3.05) is 23.5 Å². The van der Waals surface area contributed by atoms with E-state index in [-0.39, 0.29) is 23.3 Å². The zero-order valence-corrected chi connectivity index (χ0v) is 25.4. The van der Waals surface area contributed by atoms with Gasteiger partial charge in [0.2, 0.25) is 5.91 Å². The number of thiophene rings is 1. The van der Waals surface area contributed by atoms with Crippen LogP contribution in [0.4, 0.5) is 10.8 Å². The number of rotatable bonds is 11. The summed E-state index contributed by atoms with van der Waals surface area (Å²) in [4.78, 5) is 44.8. The van der Waals surface area contributed by atoms with E-state index in [9.17, 15) is 14.4 Å². The summed E-state index contributed by atoms with van der Waals surface area (Å²) in [5, 5.41) is 12.7. The van der Waals surface area contributed by atoms with E-state index in [2.05, 4.69) is 20.9 Å². The summed E-state index contributed by atoms with van der Waals surface area (Å²) in [5.41, 5.74) is 2.79. The van der Waals surface area contributed by atoms with Gasteiger partial charge < -0.3 is 20.7 Å². The van der Waals surface area contributed by atoms with Crippen molar-refractivity contribution in [1.82, 2.24) is 10.3 Å². The Morgan fingerprint density at radius 1 is 0.907 bits per heavy atom. The Morgan fingerprint density at radius 3 is 2.47 bits per heavy atom. The van der Waals surface area contributed by atoms with Crippen LogP contribution < -0.4 is 20.7 Å². The van der Waals surface area contributed by atoms with Crippen molar-refractivity contribution in [3.63, 3.8) is 0 Å². The summed E-state index contributed by atoms with van der Waals surface area (Å²) in [5.74, 6) is -0.122. The molecule has 0 bridgehead atoms. The van der Waals surface area contributed by atoms with E-state index in [0.717, 1.165) is 26.8 Å². The topological polar surface area (TPSA) is 109 Å². The van der Waals surface area contributed by atoms with Gasteiger partial charge in [-0.25, -0.2) is 4.98 Å². The molecule has 2 heterocycles. The number of nitrogens with zero attached hydrogens (tertiary/aromatic N) is 1. The molecule has 0 spiro atoms. The first kappa shape index (κ1) is 29.8. The third-order valence-corrected chi connectivity index (χ3v) is 8.53. The third kappa shape index (κ3) is 8.41. The molecule has 0 aliphatic rings. The maximum atomic E-state index is 13.3. The number of hydrogen-bond acceptors (Lipinski definition) is 8. The normalized spacial score (nSPS) is 11.0. The first-order valence-electron chi connectivity index (χ1n) is 13.0. The first-order chi connectivity index (χ1) is 21.0. The Bertz CT molecular complexity index is 1730. The van der Waals surface area contributed by atoms with Crippen molar-refractivity contribution >= 4 is 69.1 Å². The van der Waals surface area contributed by atoms with Gasteiger partial charge in [-0.3, -0.25) is 14.4 Å². The second-order valence-electron chi connectivity index (χ2n) is 8.98. The highest BCUT2D eigenvalue weighted by Crippen LogP contribution is 2.27. The number of ether oxygens (including phenoxy) is 1. The van der Waals surface area contributed by atoms with Crippen molar-refractivity contribution < 1.29 is 19.1 Å². The fraction of sp³-hybridized carbons (Fsp3) is 0.0625. The molecule has 216 valence electrons. The molecule has 0 aliphatic heterocycles. The van der Waals surface area contributed by atoms with Crippen LogP contribution in [0.5, 0.6) is 5.75 Å². The molecule has 5 aromatic rings. The molecule has 5 rings (SSSR count). The number of hydrogen-bond donors (Lipinski definition) is 3. The lowest BCUT2D eigenvalue weighted by Gasteiger charge is -2.12. The number of methoxy groups -OCH3 is 1. The second kappa shape index (κ2) is 14.5. The molecule has 3 aromatic carbocycles. The van der Waals surface area contributed by atoms with Crippen molar-refractivity contribution in [3.05, 3.63) is 118 Å². The predicted octanol–water partition coefficient (Wildman–Crippen LogP) is 7.02. The van der Waals surface area contributed by atoms with Gasteiger partial charge in [-0.2, -0.15) is 0 Å².